The van der Waals surface area contributed by atoms with Crippen LogP contribution in [0, 0.1) is 17.0 Å². The van der Waals surface area contributed by atoms with Crippen molar-refractivity contribution in [2.45, 2.75) is 13.8 Å². The summed E-state index contributed by atoms with van der Waals surface area (Å²) in [5.41, 5.74) is 2.57. The van der Waals surface area contributed by atoms with Crippen molar-refractivity contribution in [2.24, 2.45) is 5.10 Å². The Hall–Kier alpha value is -3.66. The number of amides is 1. The first-order chi connectivity index (χ1) is 14.2. The number of hydrazone groups is 1. The van der Waals surface area contributed by atoms with Gasteiger partial charge in [0.05, 0.1) is 23.8 Å². The lowest BCUT2D eigenvalue weighted by Gasteiger charge is -2.09. The average Bonchev–Trinajstić information content (AvgIpc) is 2.68. The quantitative estimate of drug-likeness (QED) is 0.222. The molecule has 0 bridgehead atoms. The lowest BCUT2D eigenvalue weighted by molar-refractivity contribution is -0.385. The monoisotopic (exact) mass is 435 g/mol. The van der Waals surface area contributed by atoms with Crippen LogP contribution in [0.25, 0.3) is 0 Å². The summed E-state index contributed by atoms with van der Waals surface area (Å²) < 4.78 is 15.3. The van der Waals surface area contributed by atoms with Gasteiger partial charge in [0.25, 0.3) is 5.91 Å². The highest BCUT2D eigenvalue weighted by Crippen LogP contribution is 2.39. The van der Waals surface area contributed by atoms with Gasteiger partial charge in [-0.3, -0.25) is 19.7 Å². The number of nitrogens with zero attached hydrogens (tertiary/aromatic N) is 2. The van der Waals surface area contributed by atoms with Crippen LogP contribution >= 0.6 is 11.6 Å². The van der Waals surface area contributed by atoms with Crippen molar-refractivity contribution in [2.75, 3.05) is 13.7 Å². The fourth-order valence-corrected chi connectivity index (χ4v) is 2.47. The number of halogens is 1. The number of benzene rings is 2. The number of carbonyl (C=O) groups excluding carboxylic acids is 2. The SMILES string of the molecule is COc1c(OC(C)=O)ccc(C=NNC(=O)COc2ccc(Cl)c(C)c2)c1[N+](=O)[O-]. The fraction of sp³-hybridized carbons (Fsp3) is 0.211. The number of hydrogen-bond acceptors (Lipinski definition) is 8. The lowest BCUT2D eigenvalue weighted by atomic mass is 10.1. The maximum atomic E-state index is 11.9. The maximum absolute atomic E-state index is 11.9. The maximum Gasteiger partial charge on any atom is 0.323 e. The fourth-order valence-electron chi connectivity index (χ4n) is 2.35. The second kappa shape index (κ2) is 10.2. The number of hydrogen-bond donors (Lipinski definition) is 1. The molecule has 0 aromatic heterocycles. The summed E-state index contributed by atoms with van der Waals surface area (Å²) >= 11 is 5.93. The molecule has 1 amide bonds. The van der Waals surface area contributed by atoms with E-state index in [1.54, 1.807) is 25.1 Å². The van der Waals surface area contributed by atoms with E-state index in [1.165, 1.54) is 19.2 Å². The molecule has 0 spiro atoms. The molecule has 0 aliphatic heterocycles. The molecule has 30 heavy (non-hydrogen) atoms. The van der Waals surface area contributed by atoms with Crippen molar-refractivity contribution in [1.29, 1.82) is 0 Å². The molecule has 2 aromatic rings. The van der Waals surface area contributed by atoms with E-state index in [0.29, 0.717) is 10.8 Å². The van der Waals surface area contributed by atoms with Crippen LogP contribution in [0.2, 0.25) is 5.02 Å². The molecule has 0 aliphatic rings. The van der Waals surface area contributed by atoms with Crippen LogP contribution in [0.1, 0.15) is 18.1 Å². The van der Waals surface area contributed by atoms with Gasteiger partial charge in [0.2, 0.25) is 5.75 Å². The zero-order chi connectivity index (χ0) is 22.3. The van der Waals surface area contributed by atoms with Crippen molar-refractivity contribution >= 4 is 35.4 Å². The normalized spacial score (nSPS) is 10.5. The third-order valence-corrected chi connectivity index (χ3v) is 4.08. The summed E-state index contributed by atoms with van der Waals surface area (Å²) in [4.78, 5) is 33.8. The Morgan fingerprint density at radius 1 is 1.30 bits per heavy atom. The van der Waals surface area contributed by atoms with Crippen LogP contribution in [0.5, 0.6) is 17.2 Å². The largest absolute Gasteiger partial charge is 0.488 e. The highest BCUT2D eigenvalue weighted by atomic mass is 35.5. The van der Waals surface area contributed by atoms with Gasteiger partial charge >= 0.3 is 11.7 Å². The van der Waals surface area contributed by atoms with Crippen molar-refractivity contribution in [3.63, 3.8) is 0 Å². The number of nitro benzene ring substituents is 1. The van der Waals surface area contributed by atoms with E-state index in [9.17, 15) is 19.7 Å². The van der Waals surface area contributed by atoms with E-state index in [-0.39, 0.29) is 23.7 Å². The molecule has 0 atom stereocenters. The number of ether oxygens (including phenoxy) is 3. The van der Waals surface area contributed by atoms with E-state index >= 15 is 0 Å². The first-order valence-electron chi connectivity index (χ1n) is 8.47. The minimum atomic E-state index is -0.707. The molecule has 0 heterocycles. The van der Waals surface area contributed by atoms with Crippen molar-refractivity contribution in [3.8, 4) is 17.2 Å². The Morgan fingerprint density at radius 3 is 2.63 bits per heavy atom. The van der Waals surface area contributed by atoms with Crippen molar-refractivity contribution in [3.05, 3.63) is 56.6 Å². The van der Waals surface area contributed by atoms with Crippen molar-refractivity contribution in [1.82, 2.24) is 5.43 Å². The van der Waals surface area contributed by atoms with Gasteiger partial charge in [0.15, 0.2) is 12.4 Å². The summed E-state index contributed by atoms with van der Waals surface area (Å²) in [5.74, 6) is -1.13. The van der Waals surface area contributed by atoms with Gasteiger partial charge in [0, 0.05) is 11.9 Å². The molecule has 11 heteroatoms. The van der Waals surface area contributed by atoms with E-state index in [2.05, 4.69) is 10.5 Å². The van der Waals surface area contributed by atoms with E-state index in [1.807, 2.05) is 0 Å². The Kier molecular flexibility index (Phi) is 7.70. The minimum Gasteiger partial charge on any atom is -0.488 e. The van der Waals surface area contributed by atoms with Gasteiger partial charge in [-0.2, -0.15) is 5.10 Å². The van der Waals surface area contributed by atoms with Gasteiger partial charge < -0.3 is 14.2 Å². The molecule has 2 rings (SSSR count). The second-order valence-corrected chi connectivity index (χ2v) is 6.29. The molecule has 0 radical (unpaired) electrons. The summed E-state index contributed by atoms with van der Waals surface area (Å²) in [6.45, 7) is 2.63. The minimum absolute atomic E-state index is 0.0299. The lowest BCUT2D eigenvalue weighted by Crippen LogP contribution is -2.24. The first kappa shape index (κ1) is 22.6. The predicted octanol–water partition coefficient (Wildman–Crippen LogP) is 3.02. The van der Waals surface area contributed by atoms with Gasteiger partial charge in [-0.15, -0.1) is 0 Å². The molecule has 0 fully saturated rings. The molecule has 1 N–H and O–H groups in total. The van der Waals surface area contributed by atoms with Crippen LogP contribution in [0.3, 0.4) is 0 Å². The summed E-state index contributed by atoms with van der Waals surface area (Å²) in [5, 5.41) is 15.7. The van der Waals surface area contributed by atoms with Crippen LogP contribution < -0.4 is 19.6 Å². The molecule has 0 saturated heterocycles. The molecular formula is C19H18ClN3O7. The highest BCUT2D eigenvalue weighted by Gasteiger charge is 2.25. The number of nitro groups is 1. The molecule has 2 aromatic carbocycles. The molecule has 10 nitrogen and oxygen atoms in total. The highest BCUT2D eigenvalue weighted by molar-refractivity contribution is 6.31. The zero-order valence-electron chi connectivity index (χ0n) is 16.3. The Balaban J connectivity index is 2.09. The molecule has 0 unspecified atom stereocenters. The third-order valence-electron chi connectivity index (χ3n) is 3.66. The van der Waals surface area contributed by atoms with E-state index in [0.717, 1.165) is 18.7 Å². The number of carbonyl (C=O) groups is 2. The van der Waals surface area contributed by atoms with E-state index in [4.69, 9.17) is 25.8 Å². The van der Waals surface area contributed by atoms with Crippen molar-refractivity contribution < 1.29 is 28.7 Å². The van der Waals surface area contributed by atoms with Crippen LogP contribution in [0.15, 0.2) is 35.4 Å². The average molecular weight is 436 g/mol. The predicted molar refractivity (Wildman–Crippen MR) is 108 cm³/mol. The summed E-state index contributed by atoms with van der Waals surface area (Å²) in [6.07, 6.45) is 1.07. The van der Waals surface area contributed by atoms with Crippen LogP contribution in [-0.4, -0.2) is 36.7 Å². The molecule has 158 valence electrons. The number of methoxy groups -OCH3 is 1. The number of aryl methyl sites for hydroxylation is 1. The summed E-state index contributed by atoms with van der Waals surface area (Å²) in [7, 11) is 1.20. The number of esters is 1. The second-order valence-electron chi connectivity index (χ2n) is 5.88. The Bertz CT molecular complexity index is 1010. The molecule has 0 saturated carbocycles. The number of rotatable bonds is 8. The number of nitrogens with one attached hydrogen (secondary N) is 1. The Labute approximate surface area is 176 Å². The smallest absolute Gasteiger partial charge is 0.323 e. The third kappa shape index (κ3) is 5.92. The topological polar surface area (TPSA) is 129 Å². The standard InChI is InChI=1S/C19H18ClN3O7/c1-11-8-14(5-6-15(11)20)29-10-17(25)22-21-9-13-4-7-16(30-12(2)24)19(28-3)18(13)23(26)27/h4-9H,10H2,1-3H3,(H,22,25). The molecule has 0 aliphatic carbocycles. The van der Waals surface area contributed by atoms with Crippen LogP contribution in [0.4, 0.5) is 5.69 Å². The van der Waals surface area contributed by atoms with Gasteiger partial charge in [-0.05, 0) is 42.8 Å². The van der Waals surface area contributed by atoms with E-state index < -0.39 is 22.5 Å². The summed E-state index contributed by atoms with van der Waals surface area (Å²) in [6, 6.07) is 7.57. The Morgan fingerprint density at radius 2 is 2.03 bits per heavy atom. The van der Waals surface area contributed by atoms with Gasteiger partial charge in [-0.1, -0.05) is 11.6 Å². The zero-order valence-corrected chi connectivity index (χ0v) is 17.1. The van der Waals surface area contributed by atoms with Gasteiger partial charge in [0.1, 0.15) is 5.75 Å². The van der Waals surface area contributed by atoms with Crippen LogP contribution in [-0.2, 0) is 9.59 Å². The first-order valence-corrected chi connectivity index (χ1v) is 8.85. The molecular weight excluding hydrogens is 418 g/mol. The van der Waals surface area contributed by atoms with Gasteiger partial charge in [-0.25, -0.2) is 5.43 Å².